The van der Waals surface area contributed by atoms with Crippen molar-refractivity contribution in [2.45, 2.75) is 40.5 Å². The van der Waals surface area contributed by atoms with E-state index in [0.717, 1.165) is 6.42 Å². The summed E-state index contributed by atoms with van der Waals surface area (Å²) in [6.07, 6.45) is 6.77. The second kappa shape index (κ2) is 4.30. The lowest BCUT2D eigenvalue weighted by Crippen LogP contribution is -2.14. The van der Waals surface area contributed by atoms with Gasteiger partial charge in [-0.05, 0) is 18.8 Å². The normalized spacial score (nSPS) is 13.6. The molecule has 12 heavy (non-hydrogen) atoms. The van der Waals surface area contributed by atoms with Crippen molar-refractivity contribution in [2.75, 3.05) is 0 Å². The first-order chi connectivity index (χ1) is 5.35. The Labute approximate surface area is 75.5 Å². The Morgan fingerprint density at radius 1 is 1.50 bits per heavy atom. The Bertz CT molecular complexity index is 190. The zero-order valence-electron chi connectivity index (χ0n) is 8.48. The van der Waals surface area contributed by atoms with Crippen molar-refractivity contribution >= 4 is 5.78 Å². The first-order valence-electron chi connectivity index (χ1n) is 4.31. The summed E-state index contributed by atoms with van der Waals surface area (Å²) in [7, 11) is 0. The smallest absolute Gasteiger partial charge is 0.131 e. The minimum absolute atomic E-state index is 0.113. The van der Waals surface area contributed by atoms with Crippen molar-refractivity contribution in [1.29, 1.82) is 0 Å². The van der Waals surface area contributed by atoms with Crippen molar-refractivity contribution in [2.24, 2.45) is 11.3 Å². The molecule has 0 bridgehead atoms. The van der Waals surface area contributed by atoms with Gasteiger partial charge < -0.3 is 0 Å². The van der Waals surface area contributed by atoms with E-state index in [9.17, 15) is 4.79 Å². The van der Waals surface area contributed by atoms with E-state index in [1.54, 1.807) is 6.92 Å². The number of hydrogen-bond acceptors (Lipinski definition) is 1. The minimum atomic E-state index is 0.113. The first kappa shape index (κ1) is 11.2. The molecular formula is C11H18O. The van der Waals surface area contributed by atoms with Gasteiger partial charge in [0.05, 0.1) is 0 Å². The van der Waals surface area contributed by atoms with E-state index in [1.807, 2.05) is 0 Å². The Morgan fingerprint density at radius 3 is 2.25 bits per heavy atom. The van der Waals surface area contributed by atoms with Crippen LogP contribution in [0.3, 0.4) is 0 Å². The number of terminal acetylenes is 1. The van der Waals surface area contributed by atoms with Crippen LogP contribution in [-0.2, 0) is 4.79 Å². The molecule has 1 nitrogen and oxygen atoms in total. The van der Waals surface area contributed by atoms with Crippen LogP contribution >= 0.6 is 0 Å². The summed E-state index contributed by atoms with van der Waals surface area (Å²) in [5.74, 6) is 2.97. The van der Waals surface area contributed by atoms with Crippen molar-refractivity contribution < 1.29 is 4.79 Å². The van der Waals surface area contributed by atoms with Crippen molar-refractivity contribution in [1.82, 2.24) is 0 Å². The molecule has 0 aromatic heterocycles. The summed E-state index contributed by atoms with van der Waals surface area (Å²) in [6, 6.07) is 0. The molecule has 0 aliphatic carbocycles. The summed E-state index contributed by atoms with van der Waals surface area (Å²) < 4.78 is 0. The van der Waals surface area contributed by atoms with Gasteiger partial charge in [-0.3, -0.25) is 4.79 Å². The van der Waals surface area contributed by atoms with Gasteiger partial charge in [-0.2, -0.15) is 0 Å². The Balaban J connectivity index is 4.03. The Kier molecular flexibility index (Phi) is 4.03. The fraction of sp³-hybridized carbons (Fsp3) is 0.727. The van der Waals surface area contributed by atoms with E-state index >= 15 is 0 Å². The highest BCUT2D eigenvalue weighted by atomic mass is 16.1. The molecule has 0 spiro atoms. The maximum atomic E-state index is 10.8. The molecule has 0 amide bonds. The van der Waals surface area contributed by atoms with Crippen LogP contribution < -0.4 is 0 Å². The van der Waals surface area contributed by atoms with E-state index in [4.69, 9.17) is 6.42 Å². The molecule has 1 atom stereocenters. The molecule has 0 rings (SSSR count). The maximum Gasteiger partial charge on any atom is 0.131 e. The molecule has 1 heteroatoms. The van der Waals surface area contributed by atoms with Crippen molar-refractivity contribution in [3.8, 4) is 12.3 Å². The van der Waals surface area contributed by atoms with Gasteiger partial charge in [-0.25, -0.2) is 0 Å². The van der Waals surface area contributed by atoms with Crippen molar-refractivity contribution in [3.63, 3.8) is 0 Å². The lowest BCUT2D eigenvalue weighted by atomic mass is 9.83. The topological polar surface area (TPSA) is 17.1 Å². The second-order valence-corrected chi connectivity index (χ2v) is 4.53. The predicted octanol–water partition coefficient (Wildman–Crippen LogP) is 2.65. The molecule has 0 N–H and O–H groups in total. The van der Waals surface area contributed by atoms with Gasteiger partial charge in [0.2, 0.25) is 0 Å². The number of hydrogen-bond donors (Lipinski definition) is 0. The Morgan fingerprint density at radius 2 is 2.00 bits per heavy atom. The van der Waals surface area contributed by atoms with Crippen LogP contribution in [-0.4, -0.2) is 5.78 Å². The van der Waals surface area contributed by atoms with Crippen molar-refractivity contribution in [3.05, 3.63) is 0 Å². The van der Waals surface area contributed by atoms with Crippen LogP contribution in [0.15, 0.2) is 0 Å². The van der Waals surface area contributed by atoms with Crippen LogP contribution in [0.25, 0.3) is 0 Å². The third-order valence-electron chi connectivity index (χ3n) is 1.63. The van der Waals surface area contributed by atoms with Crippen LogP contribution in [0, 0.1) is 23.7 Å². The van der Waals surface area contributed by atoms with Gasteiger partial charge in [0.1, 0.15) is 5.78 Å². The molecular weight excluding hydrogens is 148 g/mol. The summed E-state index contributed by atoms with van der Waals surface area (Å²) >= 11 is 0. The fourth-order valence-electron chi connectivity index (χ4n) is 1.28. The van der Waals surface area contributed by atoms with Crippen LogP contribution in [0.1, 0.15) is 40.5 Å². The molecule has 0 fully saturated rings. The first-order valence-corrected chi connectivity index (χ1v) is 4.31. The zero-order valence-corrected chi connectivity index (χ0v) is 8.48. The maximum absolute atomic E-state index is 10.8. The lowest BCUT2D eigenvalue weighted by Gasteiger charge is -2.21. The highest BCUT2D eigenvalue weighted by Crippen LogP contribution is 2.25. The monoisotopic (exact) mass is 166 g/mol. The van der Waals surface area contributed by atoms with E-state index in [-0.39, 0.29) is 17.1 Å². The standard InChI is InChI=1S/C11H18O/c1-6-10(7-9(2)12)8-11(3,4)5/h1,10H,7-8H2,2-5H3. The molecule has 0 saturated carbocycles. The molecule has 0 saturated heterocycles. The van der Waals surface area contributed by atoms with E-state index in [0.29, 0.717) is 6.42 Å². The minimum Gasteiger partial charge on any atom is -0.300 e. The average molecular weight is 166 g/mol. The SMILES string of the molecule is C#CC(CC(C)=O)CC(C)(C)C. The number of Topliss-reactive ketones (excluding diaryl/α,β-unsaturated/α-hetero) is 1. The highest BCUT2D eigenvalue weighted by Gasteiger charge is 2.17. The van der Waals surface area contributed by atoms with Crippen LogP contribution in [0.5, 0.6) is 0 Å². The van der Waals surface area contributed by atoms with E-state index in [2.05, 4.69) is 26.7 Å². The molecule has 0 aromatic rings. The Hall–Kier alpha value is -0.770. The number of carbonyl (C=O) groups excluding carboxylic acids is 1. The predicted molar refractivity (Wildman–Crippen MR) is 51.7 cm³/mol. The van der Waals surface area contributed by atoms with E-state index < -0.39 is 0 Å². The lowest BCUT2D eigenvalue weighted by molar-refractivity contribution is -0.117. The summed E-state index contributed by atoms with van der Waals surface area (Å²) in [4.78, 5) is 10.8. The molecule has 0 aliphatic rings. The van der Waals surface area contributed by atoms with Crippen LogP contribution in [0.2, 0.25) is 0 Å². The van der Waals surface area contributed by atoms with Gasteiger partial charge in [-0.1, -0.05) is 20.8 Å². The van der Waals surface area contributed by atoms with Gasteiger partial charge in [0, 0.05) is 12.3 Å². The summed E-state index contributed by atoms with van der Waals surface area (Å²) in [5, 5.41) is 0. The van der Waals surface area contributed by atoms with E-state index in [1.165, 1.54) is 0 Å². The van der Waals surface area contributed by atoms with Gasteiger partial charge in [0.15, 0.2) is 0 Å². The molecule has 0 radical (unpaired) electrons. The average Bonchev–Trinajstić information content (AvgIpc) is 1.82. The third-order valence-corrected chi connectivity index (χ3v) is 1.63. The quantitative estimate of drug-likeness (QED) is 0.589. The van der Waals surface area contributed by atoms with Crippen LogP contribution in [0.4, 0.5) is 0 Å². The molecule has 0 aromatic carbocycles. The second-order valence-electron chi connectivity index (χ2n) is 4.53. The highest BCUT2D eigenvalue weighted by molar-refractivity contribution is 5.76. The summed E-state index contributed by atoms with van der Waals surface area (Å²) in [5.41, 5.74) is 0.215. The zero-order chi connectivity index (χ0) is 9.78. The molecule has 68 valence electrons. The number of carbonyl (C=O) groups is 1. The fourth-order valence-corrected chi connectivity index (χ4v) is 1.28. The summed E-state index contributed by atoms with van der Waals surface area (Å²) in [6.45, 7) is 8.00. The van der Waals surface area contributed by atoms with Gasteiger partial charge >= 0.3 is 0 Å². The number of ketones is 1. The molecule has 0 aliphatic heterocycles. The molecule has 0 heterocycles. The third kappa shape index (κ3) is 5.97. The van der Waals surface area contributed by atoms with Gasteiger partial charge in [-0.15, -0.1) is 12.3 Å². The molecule has 1 unspecified atom stereocenters. The van der Waals surface area contributed by atoms with Gasteiger partial charge in [0.25, 0.3) is 0 Å². The largest absolute Gasteiger partial charge is 0.300 e. The number of rotatable bonds is 3.